The summed E-state index contributed by atoms with van der Waals surface area (Å²) in [7, 11) is 0. The smallest absolute Gasteiger partial charge is 0.216 e. The number of aryl methyl sites for hydroxylation is 1. The molecule has 3 rings (SSSR count). The van der Waals surface area contributed by atoms with Crippen molar-refractivity contribution in [1.29, 1.82) is 0 Å². The lowest BCUT2D eigenvalue weighted by atomic mass is 10.1. The molecule has 0 fully saturated rings. The molecule has 1 aliphatic rings. The highest BCUT2D eigenvalue weighted by Crippen LogP contribution is 2.18. The van der Waals surface area contributed by atoms with Gasteiger partial charge in [0.25, 0.3) is 0 Å². The Morgan fingerprint density at radius 3 is 2.75 bits per heavy atom. The molecule has 0 spiro atoms. The second kappa shape index (κ2) is 8.06. The number of carbonyl (C=O) groups excluding carboxylic acids is 1. The van der Waals surface area contributed by atoms with Gasteiger partial charge in [0.15, 0.2) is 5.78 Å². The van der Waals surface area contributed by atoms with Crippen LogP contribution in [0, 0.1) is 6.92 Å². The molecular formula is C20H21NO2S. The summed E-state index contributed by atoms with van der Waals surface area (Å²) in [6, 6.07) is 12.1. The van der Waals surface area contributed by atoms with Gasteiger partial charge in [-0.05, 0) is 49.6 Å². The number of carbonyl (C=O) groups is 1. The summed E-state index contributed by atoms with van der Waals surface area (Å²) in [5.41, 5.74) is 2.18. The van der Waals surface area contributed by atoms with E-state index in [1.165, 1.54) is 4.88 Å². The molecule has 4 heteroatoms. The molecule has 124 valence electrons. The lowest BCUT2D eigenvalue weighted by Gasteiger charge is -2.01. The predicted octanol–water partition coefficient (Wildman–Crippen LogP) is 4.90. The van der Waals surface area contributed by atoms with Gasteiger partial charge in [-0.1, -0.05) is 24.3 Å². The fraction of sp³-hybridized carbons (Fsp3) is 0.300. The van der Waals surface area contributed by atoms with Crippen LogP contribution in [0.4, 0.5) is 0 Å². The van der Waals surface area contributed by atoms with Gasteiger partial charge >= 0.3 is 0 Å². The van der Waals surface area contributed by atoms with Gasteiger partial charge in [0.2, 0.25) is 5.90 Å². The van der Waals surface area contributed by atoms with Crippen LogP contribution in [0.1, 0.15) is 44.9 Å². The van der Waals surface area contributed by atoms with E-state index in [1.807, 2.05) is 31.2 Å². The van der Waals surface area contributed by atoms with E-state index in [2.05, 4.69) is 29.3 Å². The first kappa shape index (κ1) is 16.7. The largest absolute Gasteiger partial charge is 0.476 e. The van der Waals surface area contributed by atoms with Gasteiger partial charge < -0.3 is 4.74 Å². The molecule has 2 heterocycles. The van der Waals surface area contributed by atoms with Crippen molar-refractivity contribution >= 4 is 29.1 Å². The zero-order valence-corrected chi connectivity index (χ0v) is 14.6. The van der Waals surface area contributed by atoms with Crippen molar-refractivity contribution in [2.75, 3.05) is 13.2 Å². The van der Waals surface area contributed by atoms with E-state index in [4.69, 9.17) is 4.74 Å². The Bertz CT molecular complexity index is 756. The standard InChI is InChI=1S/C20H21NO2S/c1-15-7-12-19(24-15)18(22)6-4-2-3-5-16-8-10-17(11-9-16)20-21-13-14-23-20/h3,5,7-12H,2,4,6,13-14H2,1H3/b5-3+. The summed E-state index contributed by atoms with van der Waals surface area (Å²) in [5, 5.41) is 0. The first-order valence-corrected chi connectivity index (χ1v) is 9.08. The Balaban J connectivity index is 1.43. The third-order valence-corrected chi connectivity index (χ3v) is 4.88. The third-order valence-electron chi connectivity index (χ3n) is 3.84. The van der Waals surface area contributed by atoms with Crippen molar-refractivity contribution in [3.05, 3.63) is 63.4 Å². The number of aliphatic imine (C=N–C) groups is 1. The lowest BCUT2D eigenvalue weighted by molar-refractivity contribution is 0.0984. The van der Waals surface area contributed by atoms with Gasteiger partial charge in [-0.15, -0.1) is 11.3 Å². The third kappa shape index (κ3) is 4.42. The highest BCUT2D eigenvalue weighted by atomic mass is 32.1. The number of nitrogens with zero attached hydrogens (tertiary/aromatic N) is 1. The van der Waals surface area contributed by atoms with E-state index < -0.39 is 0 Å². The second-order valence-electron chi connectivity index (χ2n) is 5.79. The molecule has 0 saturated heterocycles. The van der Waals surface area contributed by atoms with Crippen LogP contribution in [0.5, 0.6) is 0 Å². The van der Waals surface area contributed by atoms with Crippen molar-refractivity contribution < 1.29 is 9.53 Å². The monoisotopic (exact) mass is 339 g/mol. The van der Waals surface area contributed by atoms with Gasteiger partial charge in [0.05, 0.1) is 11.4 Å². The molecule has 0 N–H and O–H groups in total. The predicted molar refractivity (Wildman–Crippen MR) is 100 cm³/mol. The van der Waals surface area contributed by atoms with E-state index in [0.29, 0.717) is 13.0 Å². The van der Waals surface area contributed by atoms with Crippen LogP contribution in [0.3, 0.4) is 0 Å². The molecule has 0 aliphatic carbocycles. The maximum atomic E-state index is 12.0. The molecule has 3 nitrogen and oxygen atoms in total. The molecule has 1 aliphatic heterocycles. The van der Waals surface area contributed by atoms with Gasteiger partial charge in [-0.25, -0.2) is 4.99 Å². The minimum atomic E-state index is 0.253. The quantitative estimate of drug-likeness (QED) is 0.531. The molecule has 2 aromatic rings. The lowest BCUT2D eigenvalue weighted by Crippen LogP contribution is -2.00. The first-order valence-electron chi connectivity index (χ1n) is 8.26. The Hall–Kier alpha value is -2.20. The molecule has 0 radical (unpaired) electrons. The van der Waals surface area contributed by atoms with E-state index in [9.17, 15) is 4.79 Å². The first-order chi connectivity index (χ1) is 11.7. The van der Waals surface area contributed by atoms with Gasteiger partial charge in [-0.3, -0.25) is 4.79 Å². The van der Waals surface area contributed by atoms with Crippen molar-refractivity contribution in [3.63, 3.8) is 0 Å². The van der Waals surface area contributed by atoms with E-state index in [1.54, 1.807) is 11.3 Å². The Morgan fingerprint density at radius 1 is 1.25 bits per heavy atom. The summed E-state index contributed by atoms with van der Waals surface area (Å²) < 4.78 is 5.45. The van der Waals surface area contributed by atoms with Crippen LogP contribution in [0.2, 0.25) is 0 Å². The highest BCUT2D eigenvalue weighted by molar-refractivity contribution is 7.14. The van der Waals surface area contributed by atoms with Crippen molar-refractivity contribution in [1.82, 2.24) is 0 Å². The average molecular weight is 339 g/mol. The number of ketones is 1. The van der Waals surface area contributed by atoms with Crippen LogP contribution in [-0.4, -0.2) is 24.8 Å². The minimum absolute atomic E-state index is 0.253. The number of rotatable bonds is 7. The molecule has 0 atom stereocenters. The fourth-order valence-electron chi connectivity index (χ4n) is 2.55. The normalized spacial score (nSPS) is 14.0. The molecule has 24 heavy (non-hydrogen) atoms. The number of benzene rings is 1. The average Bonchev–Trinajstić information content (AvgIpc) is 3.26. The van der Waals surface area contributed by atoms with E-state index in [-0.39, 0.29) is 5.78 Å². The highest BCUT2D eigenvalue weighted by Gasteiger charge is 2.09. The summed E-state index contributed by atoms with van der Waals surface area (Å²) in [5.74, 6) is 0.996. The number of hydrogen-bond acceptors (Lipinski definition) is 4. The SMILES string of the molecule is Cc1ccc(C(=O)CCC/C=C/c2ccc(C3=NCCO3)cc2)s1. The number of hydrogen-bond donors (Lipinski definition) is 0. The van der Waals surface area contributed by atoms with Crippen molar-refractivity contribution in [2.45, 2.75) is 26.2 Å². The molecule has 0 saturated carbocycles. The number of ether oxygens (including phenoxy) is 1. The van der Waals surface area contributed by atoms with Gasteiger partial charge in [-0.2, -0.15) is 0 Å². The molecule has 0 bridgehead atoms. The number of unbranched alkanes of at least 4 members (excludes halogenated alkanes) is 1. The number of thiophene rings is 1. The van der Waals surface area contributed by atoms with Crippen LogP contribution in [0.25, 0.3) is 6.08 Å². The molecular weight excluding hydrogens is 318 g/mol. The van der Waals surface area contributed by atoms with Crippen molar-refractivity contribution in [2.24, 2.45) is 4.99 Å². The minimum Gasteiger partial charge on any atom is -0.476 e. The van der Waals surface area contributed by atoms with Crippen molar-refractivity contribution in [3.8, 4) is 0 Å². The van der Waals surface area contributed by atoms with Gasteiger partial charge in [0, 0.05) is 16.9 Å². The number of Topliss-reactive ketones (excluding diaryl/α,β-unsaturated/α-hetero) is 1. The summed E-state index contributed by atoms with van der Waals surface area (Å²) in [6.07, 6.45) is 6.63. The molecule has 0 unspecified atom stereocenters. The Kier molecular flexibility index (Phi) is 5.59. The van der Waals surface area contributed by atoms with Crippen LogP contribution >= 0.6 is 11.3 Å². The van der Waals surface area contributed by atoms with Crippen LogP contribution in [0.15, 0.2) is 47.5 Å². The van der Waals surface area contributed by atoms with E-state index >= 15 is 0 Å². The fourth-order valence-corrected chi connectivity index (χ4v) is 3.39. The summed E-state index contributed by atoms with van der Waals surface area (Å²) in [6.45, 7) is 3.46. The van der Waals surface area contributed by atoms with Gasteiger partial charge in [0.1, 0.15) is 6.61 Å². The molecule has 1 aromatic carbocycles. The Labute approximate surface area is 146 Å². The maximum absolute atomic E-state index is 12.0. The van der Waals surface area contributed by atoms with Crippen LogP contribution < -0.4 is 0 Å². The topological polar surface area (TPSA) is 38.7 Å². The molecule has 1 aromatic heterocycles. The Morgan fingerprint density at radius 2 is 2.08 bits per heavy atom. The number of allylic oxidation sites excluding steroid dienone is 1. The van der Waals surface area contributed by atoms with Crippen LogP contribution in [-0.2, 0) is 4.74 Å². The maximum Gasteiger partial charge on any atom is 0.216 e. The zero-order chi connectivity index (χ0) is 16.8. The van der Waals surface area contributed by atoms with E-state index in [0.717, 1.165) is 41.3 Å². The summed E-state index contributed by atoms with van der Waals surface area (Å²) >= 11 is 1.58. The zero-order valence-electron chi connectivity index (χ0n) is 13.8. The summed E-state index contributed by atoms with van der Waals surface area (Å²) in [4.78, 5) is 18.4. The second-order valence-corrected chi connectivity index (χ2v) is 7.07. The molecule has 0 amide bonds.